The SMILES string of the molecule is CCN(CC)c1ncc(CNCC(=O)N2CCCc3ccccc32)s1. The Hall–Kier alpha value is -1.92. The Labute approximate surface area is 153 Å². The Bertz CT molecular complexity index is 711. The topological polar surface area (TPSA) is 48.5 Å². The van der Waals surface area contributed by atoms with Crippen molar-refractivity contribution in [3.63, 3.8) is 0 Å². The molecule has 2 aromatic rings. The van der Waals surface area contributed by atoms with Gasteiger partial charge in [0.05, 0.1) is 6.54 Å². The van der Waals surface area contributed by atoms with Crippen molar-refractivity contribution in [1.29, 1.82) is 0 Å². The van der Waals surface area contributed by atoms with Gasteiger partial charge in [-0.15, -0.1) is 11.3 Å². The Morgan fingerprint density at radius 2 is 2.12 bits per heavy atom. The first kappa shape index (κ1) is 17.9. The number of fused-ring (bicyclic) bond motifs is 1. The molecule has 1 amide bonds. The van der Waals surface area contributed by atoms with Gasteiger partial charge in [0, 0.05) is 42.9 Å². The van der Waals surface area contributed by atoms with Crippen LogP contribution in [-0.2, 0) is 17.8 Å². The van der Waals surface area contributed by atoms with E-state index in [1.807, 2.05) is 29.3 Å². The fourth-order valence-electron chi connectivity index (χ4n) is 3.20. The Balaban J connectivity index is 1.54. The molecule has 0 spiro atoms. The van der Waals surface area contributed by atoms with Gasteiger partial charge in [0.2, 0.25) is 5.91 Å². The second kappa shape index (κ2) is 8.45. The fourth-order valence-corrected chi connectivity index (χ4v) is 4.21. The van der Waals surface area contributed by atoms with Crippen molar-refractivity contribution in [2.75, 3.05) is 36.0 Å². The van der Waals surface area contributed by atoms with Gasteiger partial charge in [-0.1, -0.05) is 18.2 Å². The van der Waals surface area contributed by atoms with Gasteiger partial charge >= 0.3 is 0 Å². The molecule has 0 atom stereocenters. The molecular formula is C19H26N4OS. The Morgan fingerprint density at radius 3 is 2.92 bits per heavy atom. The van der Waals surface area contributed by atoms with Gasteiger partial charge in [-0.25, -0.2) is 4.98 Å². The first-order valence-corrected chi connectivity index (χ1v) is 9.83. The first-order chi connectivity index (χ1) is 12.2. The van der Waals surface area contributed by atoms with Crippen molar-refractivity contribution in [2.45, 2.75) is 33.2 Å². The number of hydrogen-bond acceptors (Lipinski definition) is 5. The van der Waals surface area contributed by atoms with Crippen LogP contribution in [0.1, 0.15) is 30.7 Å². The highest BCUT2D eigenvalue weighted by molar-refractivity contribution is 7.15. The summed E-state index contributed by atoms with van der Waals surface area (Å²) in [5.74, 6) is 0.139. The van der Waals surface area contributed by atoms with Crippen LogP contribution in [0.3, 0.4) is 0 Å². The third kappa shape index (κ3) is 4.19. The van der Waals surface area contributed by atoms with Crippen LogP contribution in [0.15, 0.2) is 30.5 Å². The number of hydrogen-bond donors (Lipinski definition) is 1. The van der Waals surface area contributed by atoms with E-state index in [2.05, 4.69) is 35.1 Å². The molecule has 0 saturated carbocycles. The fraction of sp³-hybridized carbons (Fsp3) is 0.474. The molecule has 0 fully saturated rings. The molecule has 1 aromatic heterocycles. The summed E-state index contributed by atoms with van der Waals surface area (Å²) in [5.41, 5.74) is 2.34. The number of carbonyl (C=O) groups is 1. The number of anilines is 2. The minimum absolute atomic E-state index is 0.139. The van der Waals surface area contributed by atoms with Crippen LogP contribution >= 0.6 is 11.3 Å². The van der Waals surface area contributed by atoms with Gasteiger partial charge in [-0.05, 0) is 38.3 Å². The molecule has 0 unspecified atom stereocenters. The second-order valence-electron chi connectivity index (χ2n) is 6.16. The van der Waals surface area contributed by atoms with E-state index in [-0.39, 0.29) is 5.91 Å². The molecule has 3 rings (SSSR count). The number of nitrogens with zero attached hydrogens (tertiary/aromatic N) is 3. The monoisotopic (exact) mass is 358 g/mol. The third-order valence-electron chi connectivity index (χ3n) is 4.56. The van der Waals surface area contributed by atoms with Crippen LogP contribution in [0.25, 0.3) is 0 Å². The van der Waals surface area contributed by atoms with Gasteiger partial charge < -0.3 is 15.1 Å². The molecule has 2 heterocycles. The maximum Gasteiger partial charge on any atom is 0.240 e. The number of amides is 1. The molecule has 5 nitrogen and oxygen atoms in total. The number of carbonyl (C=O) groups excluding carboxylic acids is 1. The molecule has 0 saturated heterocycles. The number of aryl methyl sites for hydroxylation is 1. The highest BCUT2D eigenvalue weighted by Crippen LogP contribution is 2.26. The zero-order chi connectivity index (χ0) is 17.6. The van der Waals surface area contributed by atoms with Crippen LogP contribution < -0.4 is 15.1 Å². The number of thiazole rings is 1. The van der Waals surface area contributed by atoms with Gasteiger partial charge in [0.25, 0.3) is 0 Å². The highest BCUT2D eigenvalue weighted by Gasteiger charge is 2.21. The van der Waals surface area contributed by atoms with Crippen molar-refractivity contribution >= 4 is 28.1 Å². The molecule has 6 heteroatoms. The minimum Gasteiger partial charge on any atom is -0.349 e. The van der Waals surface area contributed by atoms with E-state index in [9.17, 15) is 4.79 Å². The van der Waals surface area contributed by atoms with E-state index < -0.39 is 0 Å². The van der Waals surface area contributed by atoms with Gasteiger partial charge in [-0.2, -0.15) is 0 Å². The maximum atomic E-state index is 12.6. The molecule has 134 valence electrons. The number of rotatable bonds is 7. The number of benzene rings is 1. The van der Waals surface area contributed by atoms with Crippen LogP contribution in [-0.4, -0.2) is 37.1 Å². The lowest BCUT2D eigenvalue weighted by atomic mass is 10.0. The zero-order valence-corrected chi connectivity index (χ0v) is 15.8. The average Bonchev–Trinajstić information content (AvgIpc) is 3.11. The van der Waals surface area contributed by atoms with Gasteiger partial charge in [-0.3, -0.25) is 4.79 Å². The van der Waals surface area contributed by atoms with E-state index in [1.54, 1.807) is 11.3 Å². The lowest BCUT2D eigenvalue weighted by Crippen LogP contribution is -2.40. The lowest BCUT2D eigenvalue weighted by molar-refractivity contribution is -0.117. The van der Waals surface area contributed by atoms with Crippen LogP contribution in [0.5, 0.6) is 0 Å². The summed E-state index contributed by atoms with van der Waals surface area (Å²) in [7, 11) is 0. The largest absolute Gasteiger partial charge is 0.349 e. The van der Waals surface area contributed by atoms with Crippen LogP contribution in [0.2, 0.25) is 0 Å². The summed E-state index contributed by atoms with van der Waals surface area (Å²) >= 11 is 1.69. The standard InChI is InChI=1S/C19H26N4OS/c1-3-22(4-2)19-21-13-16(25-19)12-20-14-18(24)23-11-7-9-15-8-5-6-10-17(15)23/h5-6,8,10,13,20H,3-4,7,9,11-12,14H2,1-2H3. The highest BCUT2D eigenvalue weighted by atomic mass is 32.1. The third-order valence-corrected chi connectivity index (χ3v) is 5.62. The van der Waals surface area contributed by atoms with Crippen molar-refractivity contribution in [1.82, 2.24) is 10.3 Å². The zero-order valence-electron chi connectivity index (χ0n) is 15.0. The minimum atomic E-state index is 0.139. The molecule has 1 aliphatic rings. The van der Waals surface area contributed by atoms with Crippen molar-refractivity contribution in [3.8, 4) is 0 Å². The van der Waals surface area contributed by atoms with Crippen molar-refractivity contribution < 1.29 is 4.79 Å². The van der Waals surface area contributed by atoms with E-state index in [0.29, 0.717) is 13.1 Å². The summed E-state index contributed by atoms with van der Waals surface area (Å²) in [6.45, 7) is 8.04. The summed E-state index contributed by atoms with van der Waals surface area (Å²) in [6, 6.07) is 8.21. The molecule has 0 radical (unpaired) electrons. The molecular weight excluding hydrogens is 332 g/mol. The summed E-state index contributed by atoms with van der Waals surface area (Å²) in [4.78, 5) is 22.4. The van der Waals surface area contributed by atoms with Gasteiger partial charge in [0.1, 0.15) is 0 Å². The molecule has 0 bridgehead atoms. The number of nitrogens with one attached hydrogen (secondary N) is 1. The summed E-state index contributed by atoms with van der Waals surface area (Å²) in [5, 5.41) is 4.33. The van der Waals surface area contributed by atoms with E-state index >= 15 is 0 Å². The summed E-state index contributed by atoms with van der Waals surface area (Å²) < 4.78 is 0. The predicted octanol–water partition coefficient (Wildman–Crippen LogP) is 3.06. The lowest BCUT2D eigenvalue weighted by Gasteiger charge is -2.29. The Kier molecular flexibility index (Phi) is 6.04. The van der Waals surface area contributed by atoms with Crippen molar-refractivity contribution in [3.05, 3.63) is 40.9 Å². The predicted molar refractivity (Wildman–Crippen MR) is 104 cm³/mol. The molecule has 1 N–H and O–H groups in total. The second-order valence-corrected chi connectivity index (χ2v) is 7.26. The summed E-state index contributed by atoms with van der Waals surface area (Å²) in [6.07, 6.45) is 4.00. The van der Waals surface area contributed by atoms with Crippen molar-refractivity contribution in [2.24, 2.45) is 0 Å². The van der Waals surface area contributed by atoms with E-state index in [0.717, 1.165) is 48.2 Å². The number of para-hydroxylation sites is 1. The van der Waals surface area contributed by atoms with E-state index in [4.69, 9.17) is 0 Å². The van der Waals surface area contributed by atoms with Crippen LogP contribution in [0.4, 0.5) is 10.8 Å². The first-order valence-electron chi connectivity index (χ1n) is 9.01. The molecule has 1 aliphatic heterocycles. The van der Waals surface area contributed by atoms with E-state index in [1.165, 1.54) is 5.56 Å². The molecule has 0 aliphatic carbocycles. The quantitative estimate of drug-likeness (QED) is 0.826. The van der Waals surface area contributed by atoms with Crippen LogP contribution in [0, 0.1) is 0 Å². The Morgan fingerprint density at radius 1 is 1.32 bits per heavy atom. The number of aromatic nitrogens is 1. The van der Waals surface area contributed by atoms with Gasteiger partial charge in [0.15, 0.2) is 5.13 Å². The smallest absolute Gasteiger partial charge is 0.240 e. The average molecular weight is 359 g/mol. The maximum absolute atomic E-state index is 12.6. The normalized spacial score (nSPS) is 13.6. The molecule has 25 heavy (non-hydrogen) atoms. The molecule has 1 aromatic carbocycles.